The zero-order valence-electron chi connectivity index (χ0n) is 18.9. The number of fused-ring (bicyclic) bond motifs is 1. The fourth-order valence-electron chi connectivity index (χ4n) is 4.03. The molecule has 1 atom stereocenters. The van der Waals surface area contributed by atoms with E-state index >= 15 is 0 Å². The lowest BCUT2D eigenvalue weighted by Crippen LogP contribution is -2.32. The second-order valence-electron chi connectivity index (χ2n) is 8.57. The average Bonchev–Trinajstić information content (AvgIpc) is 3.44. The zero-order chi connectivity index (χ0) is 24.6. The number of carbonyl (C=O) groups excluding carboxylic acids is 1. The zero-order valence-corrected chi connectivity index (χ0v) is 18.9. The summed E-state index contributed by atoms with van der Waals surface area (Å²) in [5, 5.41) is 26.7. The molecule has 4 N–H and O–H groups in total. The molecule has 1 amide bonds. The Balaban J connectivity index is 1.50. The smallest absolute Gasteiger partial charge is 0.252 e. The van der Waals surface area contributed by atoms with Crippen LogP contribution in [0.5, 0.6) is 0 Å². The number of nitrogens with one attached hydrogen (secondary N) is 3. The molecule has 4 aromatic rings. The first-order chi connectivity index (χ1) is 16.9. The predicted molar refractivity (Wildman–Crippen MR) is 125 cm³/mol. The van der Waals surface area contributed by atoms with Gasteiger partial charge in [0.1, 0.15) is 11.6 Å². The third-order valence-electron chi connectivity index (χ3n) is 5.77. The Bertz CT molecular complexity index is 1390. The number of rotatable bonds is 7. The Morgan fingerprint density at radius 2 is 2.03 bits per heavy atom. The molecule has 11 heteroatoms. The minimum atomic E-state index is -0.793. The van der Waals surface area contributed by atoms with Crippen molar-refractivity contribution >= 4 is 23.4 Å². The molecule has 2 aromatic carbocycles. The highest BCUT2D eigenvalue weighted by Gasteiger charge is 2.35. The van der Waals surface area contributed by atoms with E-state index in [2.05, 4.69) is 36.1 Å². The number of aliphatic hydroxyl groups is 1. The first kappa shape index (κ1) is 22.4. The SMILES string of the molecule is CC1(C)NC(=O)c2ccc(Nc3ncc(-c4nnco4)c(N[C@H](CO)c4ccccc4F)n3)cc21. The number of hydrogen-bond donors (Lipinski definition) is 4. The van der Waals surface area contributed by atoms with E-state index < -0.39 is 24.0 Å². The number of amides is 1. The molecule has 0 saturated carbocycles. The van der Waals surface area contributed by atoms with Crippen molar-refractivity contribution in [3.05, 3.63) is 77.6 Å². The van der Waals surface area contributed by atoms with E-state index in [1.807, 2.05) is 19.9 Å². The quantitative estimate of drug-likeness (QED) is 0.316. The molecule has 1 aliphatic heterocycles. The number of anilines is 3. The summed E-state index contributed by atoms with van der Waals surface area (Å²) in [6, 6.07) is 10.7. The van der Waals surface area contributed by atoms with Crippen molar-refractivity contribution in [1.29, 1.82) is 0 Å². The van der Waals surface area contributed by atoms with Gasteiger partial charge in [-0.2, -0.15) is 4.98 Å². The maximum absolute atomic E-state index is 14.4. The largest absolute Gasteiger partial charge is 0.423 e. The van der Waals surface area contributed by atoms with Crippen molar-refractivity contribution in [3.63, 3.8) is 0 Å². The molecule has 3 heterocycles. The van der Waals surface area contributed by atoms with E-state index in [0.29, 0.717) is 16.8 Å². The Morgan fingerprint density at radius 3 is 2.77 bits per heavy atom. The Morgan fingerprint density at radius 1 is 1.20 bits per heavy atom. The van der Waals surface area contributed by atoms with Crippen LogP contribution in [0.3, 0.4) is 0 Å². The van der Waals surface area contributed by atoms with Crippen molar-refractivity contribution in [2.45, 2.75) is 25.4 Å². The van der Waals surface area contributed by atoms with Gasteiger partial charge in [-0.25, -0.2) is 9.37 Å². The summed E-state index contributed by atoms with van der Waals surface area (Å²) < 4.78 is 19.7. The minimum Gasteiger partial charge on any atom is -0.423 e. The van der Waals surface area contributed by atoms with Gasteiger partial charge in [0.15, 0.2) is 0 Å². The Labute approximate surface area is 199 Å². The van der Waals surface area contributed by atoms with Gasteiger partial charge in [-0.3, -0.25) is 4.79 Å². The van der Waals surface area contributed by atoms with Gasteiger partial charge in [0.25, 0.3) is 11.8 Å². The molecule has 0 radical (unpaired) electrons. The monoisotopic (exact) mass is 475 g/mol. The lowest BCUT2D eigenvalue weighted by atomic mass is 9.94. The fraction of sp³-hybridized carbons (Fsp3) is 0.208. The summed E-state index contributed by atoms with van der Waals surface area (Å²) >= 11 is 0. The first-order valence-corrected chi connectivity index (χ1v) is 10.8. The molecule has 10 nitrogen and oxygen atoms in total. The maximum atomic E-state index is 14.4. The third kappa shape index (κ3) is 4.28. The van der Waals surface area contributed by atoms with Gasteiger partial charge in [-0.05, 0) is 43.7 Å². The standard InChI is InChI=1S/C24H22FN7O3/c1-24(2)17-9-13(7-8-14(17)21(34)31-24)28-23-26-10-16(22-32-27-12-35-22)20(30-23)29-19(11-33)15-5-3-4-6-18(15)25/h3-10,12,19,33H,11H2,1-2H3,(H,31,34)(H2,26,28,29,30)/t19-/m1/s1. The van der Waals surface area contributed by atoms with Gasteiger partial charge < -0.3 is 25.5 Å². The van der Waals surface area contributed by atoms with Crippen LogP contribution in [0.4, 0.5) is 21.8 Å². The number of halogens is 1. The van der Waals surface area contributed by atoms with Gasteiger partial charge in [-0.1, -0.05) is 18.2 Å². The minimum absolute atomic E-state index is 0.119. The highest BCUT2D eigenvalue weighted by molar-refractivity contribution is 6.00. The van der Waals surface area contributed by atoms with E-state index in [1.165, 1.54) is 18.7 Å². The number of carbonyl (C=O) groups is 1. The first-order valence-electron chi connectivity index (χ1n) is 10.8. The van der Waals surface area contributed by atoms with Crippen molar-refractivity contribution in [1.82, 2.24) is 25.5 Å². The maximum Gasteiger partial charge on any atom is 0.252 e. The number of aromatic nitrogens is 4. The van der Waals surface area contributed by atoms with Crippen LogP contribution in [0.2, 0.25) is 0 Å². The van der Waals surface area contributed by atoms with E-state index in [4.69, 9.17) is 4.42 Å². The molecule has 5 rings (SSSR count). The van der Waals surface area contributed by atoms with Gasteiger partial charge in [0, 0.05) is 23.0 Å². The Kier molecular flexibility index (Phi) is 5.61. The second kappa shape index (κ2) is 8.76. The van der Waals surface area contributed by atoms with Gasteiger partial charge in [0.2, 0.25) is 12.3 Å². The van der Waals surface area contributed by atoms with Crippen LogP contribution in [-0.4, -0.2) is 37.8 Å². The van der Waals surface area contributed by atoms with Crippen LogP contribution in [0.1, 0.15) is 41.4 Å². The predicted octanol–water partition coefficient (Wildman–Crippen LogP) is 3.53. The second-order valence-corrected chi connectivity index (χ2v) is 8.57. The summed E-state index contributed by atoms with van der Waals surface area (Å²) in [6.45, 7) is 3.46. The third-order valence-corrected chi connectivity index (χ3v) is 5.77. The van der Waals surface area contributed by atoms with Crippen LogP contribution < -0.4 is 16.0 Å². The van der Waals surface area contributed by atoms with Crippen molar-refractivity contribution in [2.75, 3.05) is 17.2 Å². The average molecular weight is 475 g/mol. The van der Waals surface area contributed by atoms with Gasteiger partial charge in [0.05, 0.1) is 23.8 Å². The molecule has 0 spiro atoms. The summed E-state index contributed by atoms with van der Waals surface area (Å²) in [5.74, 6) is 0.0673. The summed E-state index contributed by atoms with van der Waals surface area (Å²) in [4.78, 5) is 21.1. The van der Waals surface area contributed by atoms with E-state index in [-0.39, 0.29) is 29.1 Å². The normalized spacial score (nSPS) is 14.8. The molecule has 1 aliphatic rings. The number of nitrogens with zero attached hydrogens (tertiary/aromatic N) is 4. The van der Waals surface area contributed by atoms with Crippen LogP contribution in [0.25, 0.3) is 11.5 Å². The summed E-state index contributed by atoms with van der Waals surface area (Å²) in [6.07, 6.45) is 2.66. The Hall–Kier alpha value is -4.38. The van der Waals surface area contributed by atoms with Gasteiger partial charge >= 0.3 is 0 Å². The molecule has 0 fully saturated rings. The topological polar surface area (TPSA) is 138 Å². The fourth-order valence-corrected chi connectivity index (χ4v) is 4.03. The lowest BCUT2D eigenvalue weighted by molar-refractivity contribution is 0.0940. The molecular formula is C24H22FN7O3. The van der Waals surface area contributed by atoms with Crippen LogP contribution in [-0.2, 0) is 5.54 Å². The van der Waals surface area contributed by atoms with Crippen molar-refractivity contribution in [2.24, 2.45) is 0 Å². The lowest BCUT2D eigenvalue weighted by Gasteiger charge is -2.20. The molecule has 0 saturated heterocycles. The van der Waals surface area contributed by atoms with Crippen LogP contribution in [0.15, 0.2) is 59.5 Å². The van der Waals surface area contributed by atoms with Crippen molar-refractivity contribution < 1.29 is 18.7 Å². The molecule has 178 valence electrons. The molecule has 0 bridgehead atoms. The van der Waals surface area contributed by atoms with Gasteiger partial charge in [-0.15, -0.1) is 10.2 Å². The highest BCUT2D eigenvalue weighted by atomic mass is 19.1. The van der Waals surface area contributed by atoms with Crippen molar-refractivity contribution in [3.8, 4) is 11.5 Å². The number of benzene rings is 2. The van der Waals surface area contributed by atoms with Crippen LogP contribution >= 0.6 is 0 Å². The summed E-state index contributed by atoms with van der Waals surface area (Å²) in [5.41, 5.74) is 2.30. The highest BCUT2D eigenvalue weighted by Crippen LogP contribution is 2.34. The summed E-state index contributed by atoms with van der Waals surface area (Å²) in [7, 11) is 0. The number of aliphatic hydroxyl groups excluding tert-OH is 1. The van der Waals surface area contributed by atoms with E-state index in [9.17, 15) is 14.3 Å². The molecule has 35 heavy (non-hydrogen) atoms. The molecular weight excluding hydrogens is 453 g/mol. The number of hydrogen-bond acceptors (Lipinski definition) is 9. The molecule has 0 unspecified atom stereocenters. The van der Waals surface area contributed by atoms with Crippen LogP contribution in [0, 0.1) is 5.82 Å². The molecule has 2 aromatic heterocycles. The van der Waals surface area contributed by atoms with E-state index in [0.717, 1.165) is 5.56 Å². The molecule has 0 aliphatic carbocycles. The van der Waals surface area contributed by atoms with E-state index in [1.54, 1.807) is 30.3 Å².